The number of halogens is 3. The van der Waals surface area contributed by atoms with Gasteiger partial charge in [0.25, 0.3) is 10.0 Å². The summed E-state index contributed by atoms with van der Waals surface area (Å²) in [5.41, 5.74) is -0.677. The Balaban J connectivity index is 2.03. The number of ether oxygens (including phenoxy) is 2. The second-order valence-corrected chi connectivity index (χ2v) is 8.92. The highest BCUT2D eigenvalue weighted by atomic mass is 32.2. The Morgan fingerprint density at radius 2 is 1.65 bits per heavy atom. The SMILES string of the molecule is COCN(c1ccc(C(F)(F)F)cc1OCc1ccc(C(=O)O)cc1)S(=O)(=O)c1ccccc1. The third-order valence-corrected chi connectivity index (χ3v) is 6.48. The summed E-state index contributed by atoms with van der Waals surface area (Å²) < 4.78 is 78.0. The van der Waals surface area contributed by atoms with E-state index in [2.05, 4.69) is 0 Å². The van der Waals surface area contributed by atoms with Crippen LogP contribution in [0, 0.1) is 0 Å². The highest BCUT2D eigenvalue weighted by Gasteiger charge is 2.34. The summed E-state index contributed by atoms with van der Waals surface area (Å²) in [6, 6.07) is 15.4. The molecule has 0 saturated carbocycles. The molecule has 3 aromatic carbocycles. The number of benzene rings is 3. The Morgan fingerprint density at radius 1 is 1.00 bits per heavy atom. The van der Waals surface area contributed by atoms with E-state index in [0.717, 1.165) is 16.4 Å². The van der Waals surface area contributed by atoms with Gasteiger partial charge in [-0.1, -0.05) is 30.3 Å². The van der Waals surface area contributed by atoms with Crippen molar-refractivity contribution in [2.75, 3.05) is 18.1 Å². The molecular formula is C23H20F3NO6S. The lowest BCUT2D eigenvalue weighted by molar-refractivity contribution is -0.137. The number of aromatic carboxylic acids is 1. The van der Waals surface area contributed by atoms with E-state index in [1.807, 2.05) is 0 Å². The fourth-order valence-corrected chi connectivity index (χ4v) is 4.43. The lowest BCUT2D eigenvalue weighted by Crippen LogP contribution is -2.33. The van der Waals surface area contributed by atoms with Gasteiger partial charge in [-0.25, -0.2) is 17.5 Å². The Labute approximate surface area is 194 Å². The zero-order chi connectivity index (χ0) is 24.9. The van der Waals surface area contributed by atoms with E-state index >= 15 is 0 Å². The number of carbonyl (C=O) groups is 1. The van der Waals surface area contributed by atoms with Crippen LogP contribution in [0.1, 0.15) is 21.5 Å². The molecule has 0 aliphatic heterocycles. The van der Waals surface area contributed by atoms with Crippen LogP contribution in [-0.4, -0.2) is 33.3 Å². The molecule has 34 heavy (non-hydrogen) atoms. The number of carboxylic acids is 1. The molecule has 0 fully saturated rings. The summed E-state index contributed by atoms with van der Waals surface area (Å²) >= 11 is 0. The van der Waals surface area contributed by atoms with Crippen molar-refractivity contribution >= 4 is 21.7 Å². The number of sulfonamides is 1. The highest BCUT2D eigenvalue weighted by molar-refractivity contribution is 7.92. The van der Waals surface area contributed by atoms with Crippen molar-refractivity contribution in [3.05, 3.63) is 89.5 Å². The number of carboxylic acid groups (broad SMARTS) is 1. The molecule has 0 amide bonds. The van der Waals surface area contributed by atoms with Crippen LogP contribution >= 0.6 is 0 Å². The van der Waals surface area contributed by atoms with Crippen molar-refractivity contribution in [3.8, 4) is 5.75 Å². The molecule has 0 unspecified atom stereocenters. The maximum atomic E-state index is 13.4. The first-order valence-corrected chi connectivity index (χ1v) is 11.2. The smallest absolute Gasteiger partial charge is 0.416 e. The van der Waals surface area contributed by atoms with E-state index in [9.17, 15) is 26.4 Å². The molecule has 0 spiro atoms. The minimum absolute atomic E-state index is 0.0312. The molecular weight excluding hydrogens is 475 g/mol. The van der Waals surface area contributed by atoms with Gasteiger partial charge in [-0.15, -0.1) is 0 Å². The van der Waals surface area contributed by atoms with Crippen LogP contribution in [0.4, 0.5) is 18.9 Å². The lowest BCUT2D eigenvalue weighted by atomic mass is 10.1. The van der Waals surface area contributed by atoms with Crippen molar-refractivity contribution in [1.29, 1.82) is 0 Å². The number of hydrogen-bond donors (Lipinski definition) is 1. The maximum absolute atomic E-state index is 13.4. The van der Waals surface area contributed by atoms with E-state index in [1.165, 1.54) is 55.6 Å². The third-order valence-electron chi connectivity index (χ3n) is 4.73. The molecule has 11 heteroatoms. The van der Waals surface area contributed by atoms with Gasteiger partial charge in [-0.3, -0.25) is 0 Å². The van der Waals surface area contributed by atoms with Crippen LogP contribution in [-0.2, 0) is 27.5 Å². The predicted octanol–water partition coefficient (Wildman–Crippen LogP) is 4.78. The Kier molecular flexibility index (Phi) is 7.48. The first kappa shape index (κ1) is 25.1. The molecule has 3 rings (SSSR count). The zero-order valence-electron chi connectivity index (χ0n) is 17.8. The number of nitrogens with zero attached hydrogens (tertiary/aromatic N) is 1. The molecule has 7 nitrogen and oxygen atoms in total. The highest BCUT2D eigenvalue weighted by Crippen LogP contribution is 2.39. The molecule has 0 heterocycles. The molecule has 180 valence electrons. The molecule has 0 bridgehead atoms. The van der Waals surface area contributed by atoms with Crippen molar-refractivity contribution < 1.29 is 41.0 Å². The number of hydrogen-bond acceptors (Lipinski definition) is 5. The number of anilines is 1. The minimum Gasteiger partial charge on any atom is -0.487 e. The van der Waals surface area contributed by atoms with Gasteiger partial charge in [0.1, 0.15) is 19.1 Å². The van der Waals surface area contributed by atoms with Gasteiger partial charge in [0, 0.05) is 7.11 Å². The Bertz CT molecular complexity index is 1250. The van der Waals surface area contributed by atoms with E-state index in [1.54, 1.807) is 6.07 Å². The molecule has 0 radical (unpaired) electrons. The third kappa shape index (κ3) is 5.67. The van der Waals surface area contributed by atoms with E-state index in [4.69, 9.17) is 14.6 Å². The summed E-state index contributed by atoms with van der Waals surface area (Å²) in [7, 11) is -2.95. The van der Waals surface area contributed by atoms with Crippen LogP contribution in [0.25, 0.3) is 0 Å². The molecule has 0 atom stereocenters. The second kappa shape index (κ2) is 10.1. The van der Waals surface area contributed by atoms with Crippen LogP contribution < -0.4 is 9.04 Å². The van der Waals surface area contributed by atoms with Crippen LogP contribution in [0.5, 0.6) is 5.75 Å². The van der Waals surface area contributed by atoms with Gasteiger partial charge in [0.2, 0.25) is 0 Å². The van der Waals surface area contributed by atoms with Crippen LogP contribution in [0.15, 0.2) is 77.7 Å². The Morgan fingerprint density at radius 3 is 2.21 bits per heavy atom. The first-order valence-electron chi connectivity index (χ1n) is 9.77. The van der Waals surface area contributed by atoms with E-state index < -0.39 is 34.5 Å². The molecule has 0 aliphatic rings. The maximum Gasteiger partial charge on any atom is 0.416 e. The Hall–Kier alpha value is -3.57. The topological polar surface area (TPSA) is 93.1 Å². The van der Waals surface area contributed by atoms with Crippen molar-refractivity contribution in [3.63, 3.8) is 0 Å². The second-order valence-electron chi connectivity index (χ2n) is 7.06. The summed E-state index contributed by atoms with van der Waals surface area (Å²) in [6.45, 7) is -0.716. The average molecular weight is 495 g/mol. The van der Waals surface area contributed by atoms with Crippen molar-refractivity contribution in [1.82, 2.24) is 0 Å². The predicted molar refractivity (Wildman–Crippen MR) is 117 cm³/mol. The van der Waals surface area contributed by atoms with Crippen LogP contribution in [0.3, 0.4) is 0 Å². The van der Waals surface area contributed by atoms with Gasteiger partial charge < -0.3 is 14.6 Å². The van der Waals surface area contributed by atoms with E-state index in [0.29, 0.717) is 11.6 Å². The van der Waals surface area contributed by atoms with Gasteiger partial charge >= 0.3 is 12.1 Å². The quantitative estimate of drug-likeness (QED) is 0.430. The fourth-order valence-electron chi connectivity index (χ4n) is 3.02. The number of alkyl halides is 3. The zero-order valence-corrected chi connectivity index (χ0v) is 18.6. The van der Waals surface area contributed by atoms with Crippen molar-refractivity contribution in [2.45, 2.75) is 17.7 Å². The summed E-state index contributed by atoms with van der Waals surface area (Å²) in [4.78, 5) is 10.9. The van der Waals surface area contributed by atoms with Gasteiger partial charge in [0.15, 0.2) is 0 Å². The average Bonchev–Trinajstić information content (AvgIpc) is 2.81. The van der Waals surface area contributed by atoms with Gasteiger partial charge in [-0.05, 0) is 48.0 Å². The number of rotatable bonds is 9. The molecule has 0 aliphatic carbocycles. The normalized spacial score (nSPS) is 11.8. The first-order chi connectivity index (χ1) is 16.0. The molecule has 0 aromatic heterocycles. The van der Waals surface area contributed by atoms with Gasteiger partial charge in [-0.2, -0.15) is 13.2 Å². The largest absolute Gasteiger partial charge is 0.487 e. The van der Waals surface area contributed by atoms with Crippen LogP contribution in [0.2, 0.25) is 0 Å². The van der Waals surface area contributed by atoms with E-state index in [-0.39, 0.29) is 28.5 Å². The summed E-state index contributed by atoms with van der Waals surface area (Å²) in [5, 5.41) is 9.00. The molecule has 0 saturated heterocycles. The molecule has 1 N–H and O–H groups in total. The number of methoxy groups -OCH3 is 1. The molecule has 3 aromatic rings. The summed E-state index contributed by atoms with van der Waals surface area (Å²) in [6.07, 6.45) is -4.69. The lowest BCUT2D eigenvalue weighted by Gasteiger charge is -2.26. The standard InChI is InChI=1S/C23H20F3NO6S/c1-32-15-27(34(30,31)19-5-3-2-4-6-19)20-12-11-18(23(24,25)26)13-21(20)33-14-16-7-9-17(10-8-16)22(28)29/h2-13H,14-15H2,1H3,(H,28,29). The fraction of sp³-hybridized carbons (Fsp3) is 0.174. The minimum atomic E-state index is -4.69. The summed E-state index contributed by atoms with van der Waals surface area (Å²) in [5.74, 6) is -1.47. The monoisotopic (exact) mass is 495 g/mol. The van der Waals surface area contributed by atoms with Gasteiger partial charge in [0.05, 0.1) is 21.7 Å². The van der Waals surface area contributed by atoms with Crippen molar-refractivity contribution in [2.24, 2.45) is 0 Å².